The molecule has 0 bridgehead atoms. The quantitative estimate of drug-likeness (QED) is 0.645. The van der Waals surface area contributed by atoms with Crippen LogP contribution in [0.3, 0.4) is 0 Å². The van der Waals surface area contributed by atoms with Crippen molar-refractivity contribution in [2.45, 2.75) is 13.0 Å². The molecule has 2 nitrogen and oxygen atoms in total. The Morgan fingerprint density at radius 3 is 2.93 bits per heavy atom. The highest BCUT2D eigenvalue weighted by Crippen LogP contribution is 2.17. The van der Waals surface area contributed by atoms with Crippen molar-refractivity contribution in [1.29, 1.82) is 0 Å². The number of hydrogen-bond donors (Lipinski definition) is 2. The molecule has 0 aliphatic carbocycles. The summed E-state index contributed by atoms with van der Waals surface area (Å²) in [5, 5.41) is 4.12. The lowest BCUT2D eigenvalue weighted by Gasteiger charge is -2.06. The summed E-state index contributed by atoms with van der Waals surface area (Å²) in [6.45, 7) is 2.55. The number of nitrogens with one attached hydrogen (secondary N) is 1. The molecule has 0 saturated heterocycles. The predicted octanol–water partition coefficient (Wildman–Crippen LogP) is 2.38. The van der Waals surface area contributed by atoms with Gasteiger partial charge in [0.15, 0.2) is 0 Å². The molecule has 4 heteroatoms. The minimum atomic E-state index is 0.736. The summed E-state index contributed by atoms with van der Waals surface area (Å²) >= 11 is 8.22. The molecule has 0 fully saturated rings. The predicted molar refractivity (Wildman–Crippen MR) is 69.5 cm³/mol. The van der Waals surface area contributed by atoms with Crippen LogP contribution in [0, 0.1) is 3.57 Å². The maximum absolute atomic E-state index is 5.91. The summed E-state index contributed by atoms with van der Waals surface area (Å²) in [5.74, 6) is 0. The van der Waals surface area contributed by atoms with Crippen LogP contribution in [0.5, 0.6) is 0 Å². The molecule has 0 aliphatic heterocycles. The molecule has 3 N–H and O–H groups in total. The van der Waals surface area contributed by atoms with E-state index >= 15 is 0 Å². The van der Waals surface area contributed by atoms with Crippen LogP contribution in [0.4, 0.5) is 0 Å². The Bertz CT molecular complexity index is 291. The van der Waals surface area contributed by atoms with Gasteiger partial charge in [0.05, 0.1) is 0 Å². The molecule has 0 spiro atoms. The van der Waals surface area contributed by atoms with Crippen LogP contribution in [-0.2, 0) is 6.54 Å². The molecule has 0 atom stereocenters. The van der Waals surface area contributed by atoms with Crippen molar-refractivity contribution < 1.29 is 0 Å². The summed E-state index contributed by atoms with van der Waals surface area (Å²) < 4.78 is 1.24. The van der Waals surface area contributed by atoms with Gasteiger partial charge in [0.2, 0.25) is 0 Å². The van der Waals surface area contributed by atoms with Crippen molar-refractivity contribution >= 4 is 34.2 Å². The molecule has 0 saturated carbocycles. The van der Waals surface area contributed by atoms with Gasteiger partial charge in [0, 0.05) is 15.1 Å². The minimum Gasteiger partial charge on any atom is -0.330 e. The molecule has 0 aromatic heterocycles. The third-order valence-corrected chi connectivity index (χ3v) is 3.17. The van der Waals surface area contributed by atoms with Crippen molar-refractivity contribution in [2.75, 3.05) is 13.1 Å². The van der Waals surface area contributed by atoms with Crippen LogP contribution in [0.1, 0.15) is 12.0 Å². The van der Waals surface area contributed by atoms with E-state index in [9.17, 15) is 0 Å². The van der Waals surface area contributed by atoms with Gasteiger partial charge in [-0.15, -0.1) is 0 Å². The summed E-state index contributed by atoms with van der Waals surface area (Å²) in [7, 11) is 0. The fourth-order valence-corrected chi connectivity index (χ4v) is 1.85. The molecule has 0 aliphatic rings. The molecule has 1 rings (SSSR count). The van der Waals surface area contributed by atoms with Gasteiger partial charge in [0.25, 0.3) is 0 Å². The standard InChI is InChI=1S/C10H14ClIN2/c11-9-2-3-10(12)8(6-9)7-14-5-1-4-13/h2-3,6,14H,1,4-5,7,13H2. The molecular formula is C10H14ClIN2. The topological polar surface area (TPSA) is 38.0 Å². The number of rotatable bonds is 5. The van der Waals surface area contributed by atoms with Gasteiger partial charge in [-0.1, -0.05) is 11.6 Å². The average molecular weight is 325 g/mol. The molecular weight excluding hydrogens is 310 g/mol. The lowest BCUT2D eigenvalue weighted by atomic mass is 10.2. The molecule has 14 heavy (non-hydrogen) atoms. The monoisotopic (exact) mass is 324 g/mol. The Morgan fingerprint density at radius 2 is 2.21 bits per heavy atom. The van der Waals surface area contributed by atoms with Crippen molar-refractivity contribution in [3.63, 3.8) is 0 Å². The Hall–Kier alpha value is 0.160. The number of nitrogens with two attached hydrogens (primary N) is 1. The first-order valence-corrected chi connectivity index (χ1v) is 6.04. The smallest absolute Gasteiger partial charge is 0.0409 e. The summed E-state index contributed by atoms with van der Waals surface area (Å²) in [6.07, 6.45) is 1.01. The number of hydrogen-bond acceptors (Lipinski definition) is 2. The van der Waals surface area contributed by atoms with Crippen LogP contribution in [-0.4, -0.2) is 13.1 Å². The van der Waals surface area contributed by atoms with Crippen molar-refractivity contribution in [1.82, 2.24) is 5.32 Å². The SMILES string of the molecule is NCCCNCc1cc(Cl)ccc1I. The highest BCUT2D eigenvalue weighted by Gasteiger charge is 1.99. The second kappa shape index (κ2) is 6.61. The lowest BCUT2D eigenvalue weighted by molar-refractivity contribution is 0.654. The maximum Gasteiger partial charge on any atom is 0.0409 e. The van der Waals surface area contributed by atoms with E-state index in [1.54, 1.807) is 0 Å². The Morgan fingerprint density at radius 1 is 1.43 bits per heavy atom. The number of benzene rings is 1. The first kappa shape index (κ1) is 12.2. The van der Waals surface area contributed by atoms with E-state index in [2.05, 4.69) is 27.9 Å². The fraction of sp³-hybridized carbons (Fsp3) is 0.400. The second-order valence-electron chi connectivity index (χ2n) is 3.05. The normalized spacial score (nSPS) is 10.5. The van der Waals surface area contributed by atoms with Gasteiger partial charge in [-0.2, -0.15) is 0 Å². The maximum atomic E-state index is 5.91. The van der Waals surface area contributed by atoms with E-state index in [4.69, 9.17) is 17.3 Å². The van der Waals surface area contributed by atoms with Crippen LogP contribution < -0.4 is 11.1 Å². The van der Waals surface area contributed by atoms with Crippen LogP contribution >= 0.6 is 34.2 Å². The molecule has 0 heterocycles. The summed E-state index contributed by atoms with van der Waals surface area (Å²) in [4.78, 5) is 0. The molecule has 0 radical (unpaired) electrons. The lowest BCUT2D eigenvalue weighted by Crippen LogP contribution is -2.18. The molecule has 78 valence electrons. The zero-order chi connectivity index (χ0) is 10.4. The fourth-order valence-electron chi connectivity index (χ4n) is 1.13. The van der Waals surface area contributed by atoms with E-state index in [1.807, 2.05) is 18.2 Å². The summed E-state index contributed by atoms with van der Waals surface area (Å²) in [6, 6.07) is 5.94. The van der Waals surface area contributed by atoms with E-state index in [-0.39, 0.29) is 0 Å². The van der Waals surface area contributed by atoms with Crippen LogP contribution in [0.15, 0.2) is 18.2 Å². The molecule has 0 unspecified atom stereocenters. The second-order valence-corrected chi connectivity index (χ2v) is 4.65. The third-order valence-electron chi connectivity index (χ3n) is 1.88. The van der Waals surface area contributed by atoms with E-state index < -0.39 is 0 Å². The van der Waals surface area contributed by atoms with Crippen molar-refractivity contribution in [3.8, 4) is 0 Å². The van der Waals surface area contributed by atoms with E-state index in [1.165, 1.54) is 9.13 Å². The average Bonchev–Trinajstić information content (AvgIpc) is 2.18. The zero-order valence-electron chi connectivity index (χ0n) is 7.89. The van der Waals surface area contributed by atoms with E-state index in [0.29, 0.717) is 0 Å². The Balaban J connectivity index is 2.45. The Kier molecular flexibility index (Phi) is 5.77. The molecule has 1 aromatic rings. The van der Waals surface area contributed by atoms with Gasteiger partial charge >= 0.3 is 0 Å². The van der Waals surface area contributed by atoms with Gasteiger partial charge in [-0.25, -0.2) is 0 Å². The van der Waals surface area contributed by atoms with Crippen molar-refractivity contribution in [3.05, 3.63) is 32.4 Å². The van der Waals surface area contributed by atoms with Crippen LogP contribution in [0.2, 0.25) is 5.02 Å². The largest absolute Gasteiger partial charge is 0.330 e. The van der Waals surface area contributed by atoms with Gasteiger partial charge in [-0.3, -0.25) is 0 Å². The molecule has 1 aromatic carbocycles. The zero-order valence-corrected chi connectivity index (χ0v) is 10.8. The van der Waals surface area contributed by atoms with Gasteiger partial charge in [-0.05, 0) is 65.9 Å². The van der Waals surface area contributed by atoms with Crippen LogP contribution in [0.25, 0.3) is 0 Å². The summed E-state index contributed by atoms with van der Waals surface area (Å²) in [5.41, 5.74) is 6.64. The third kappa shape index (κ3) is 4.13. The first-order chi connectivity index (χ1) is 6.74. The minimum absolute atomic E-state index is 0.736. The highest BCUT2D eigenvalue weighted by molar-refractivity contribution is 14.1. The molecule has 0 amide bonds. The van der Waals surface area contributed by atoms with E-state index in [0.717, 1.165) is 31.1 Å². The first-order valence-electron chi connectivity index (χ1n) is 4.58. The number of halogens is 2. The highest BCUT2D eigenvalue weighted by atomic mass is 127. The van der Waals surface area contributed by atoms with Gasteiger partial charge < -0.3 is 11.1 Å². The van der Waals surface area contributed by atoms with Gasteiger partial charge in [0.1, 0.15) is 0 Å². The Labute approximate surface area is 103 Å². The van der Waals surface area contributed by atoms with Crippen molar-refractivity contribution in [2.24, 2.45) is 5.73 Å².